The van der Waals surface area contributed by atoms with Crippen LogP contribution in [0.15, 0.2) is 134 Å². The van der Waals surface area contributed by atoms with E-state index in [1.54, 1.807) is 0 Å². The molecule has 0 aliphatic carbocycles. The third-order valence-electron chi connectivity index (χ3n) is 11.6. The lowest BCUT2D eigenvalue weighted by Gasteiger charge is -2.26. The number of quaternary nitrogens is 1. The van der Waals surface area contributed by atoms with Gasteiger partial charge in [-0.05, 0) is 116 Å². The lowest BCUT2D eigenvalue weighted by molar-refractivity contribution is -0.870. The van der Waals surface area contributed by atoms with E-state index in [-0.39, 0.29) is 38.6 Å². The molecule has 418 valence electrons. The van der Waals surface area contributed by atoms with Crippen LogP contribution in [0.4, 0.5) is 0 Å². The average molecular weight is 1030 g/mol. The molecule has 0 saturated heterocycles. The van der Waals surface area contributed by atoms with Crippen LogP contribution >= 0.6 is 0 Å². The minimum Gasteiger partial charge on any atom is -0.545 e. The van der Waals surface area contributed by atoms with Crippen molar-refractivity contribution >= 4 is 17.9 Å². The van der Waals surface area contributed by atoms with Crippen molar-refractivity contribution in [2.45, 2.75) is 212 Å². The first kappa shape index (κ1) is 69.4. The van der Waals surface area contributed by atoms with Gasteiger partial charge in [-0.1, -0.05) is 205 Å². The van der Waals surface area contributed by atoms with E-state index in [2.05, 4.69) is 148 Å². The number of unbranched alkanes of at least 4 members (excludes halogenated alkanes) is 14. The second-order valence-corrected chi connectivity index (χ2v) is 19.8. The summed E-state index contributed by atoms with van der Waals surface area (Å²) in [5, 5.41) is 11.8. The molecule has 0 aliphatic rings. The lowest BCUT2D eigenvalue weighted by Crippen LogP contribution is -2.44. The van der Waals surface area contributed by atoms with Crippen molar-refractivity contribution in [1.82, 2.24) is 0 Å². The summed E-state index contributed by atoms with van der Waals surface area (Å²) in [6.45, 7) is 4.55. The summed E-state index contributed by atoms with van der Waals surface area (Å²) in [6.07, 6.45) is 74.9. The van der Waals surface area contributed by atoms with Crippen molar-refractivity contribution in [3.63, 3.8) is 0 Å². The predicted octanol–water partition coefficient (Wildman–Crippen LogP) is 15.7. The first-order chi connectivity index (χ1) is 36.1. The van der Waals surface area contributed by atoms with Crippen molar-refractivity contribution in [1.29, 1.82) is 0 Å². The fourth-order valence-electron chi connectivity index (χ4n) is 7.20. The van der Waals surface area contributed by atoms with Crippen LogP contribution < -0.4 is 5.11 Å². The molecule has 0 rings (SSSR count). The Balaban J connectivity index is 4.33. The van der Waals surface area contributed by atoms with Gasteiger partial charge in [0.25, 0.3) is 0 Å². The van der Waals surface area contributed by atoms with Crippen LogP contribution in [0.5, 0.6) is 0 Å². The highest BCUT2D eigenvalue weighted by Gasteiger charge is 2.22. The van der Waals surface area contributed by atoms with Gasteiger partial charge < -0.3 is 33.3 Å². The molecule has 74 heavy (non-hydrogen) atoms. The van der Waals surface area contributed by atoms with E-state index in [1.807, 2.05) is 21.1 Å². The highest BCUT2D eigenvalue weighted by molar-refractivity contribution is 5.70. The number of esters is 2. The fourth-order valence-corrected chi connectivity index (χ4v) is 7.20. The molecule has 2 unspecified atom stereocenters. The lowest BCUT2D eigenvalue weighted by atomic mass is 10.1. The maximum absolute atomic E-state index is 12.9. The maximum Gasteiger partial charge on any atom is 0.306 e. The Hall–Kier alpha value is -4.57. The molecule has 0 heterocycles. The van der Waals surface area contributed by atoms with Crippen molar-refractivity contribution in [3.8, 4) is 0 Å². The van der Waals surface area contributed by atoms with Gasteiger partial charge in [-0.15, -0.1) is 0 Å². The summed E-state index contributed by atoms with van der Waals surface area (Å²) in [5.74, 6) is -2.35. The molecule has 9 heteroatoms. The third kappa shape index (κ3) is 55.2. The topological polar surface area (TPSA) is 111 Å². The van der Waals surface area contributed by atoms with E-state index in [0.29, 0.717) is 23.9 Å². The van der Waals surface area contributed by atoms with Gasteiger partial charge in [-0.3, -0.25) is 9.59 Å². The number of rotatable bonds is 51. The number of carboxylic acids is 1. The second kappa shape index (κ2) is 54.7. The van der Waals surface area contributed by atoms with Crippen LogP contribution in [0.1, 0.15) is 200 Å². The molecule has 0 spiro atoms. The number of hydrogen-bond acceptors (Lipinski definition) is 8. The standard InChI is InChI=1S/C65H105NO8/c1-6-8-10-12-14-16-18-20-22-24-25-26-27-28-29-30-31-32-33-34-35-36-37-38-39-40-42-44-46-48-50-52-54-56-63(68)74-61(60-73-65(64(69)70)71-58-57-66(3,4)5)59-72-62(67)55-53-51-49-47-45-43-41-23-21-19-17-15-13-11-9-7-2/h8,10,14,16-17,19-20,22-23,25-26,28-29,31-32,34-35,37-38,40-42,61,65H,6-7,9,11-13,15,18,21,24,27,30,33,36,39,43-60H2,1-5H3/b10-8-,16-14-,19-17-,22-20-,26-25-,29-28-,32-31-,35-34-,38-37-,41-23-,42-40-. The van der Waals surface area contributed by atoms with Crippen molar-refractivity contribution < 1.29 is 42.9 Å². The third-order valence-corrected chi connectivity index (χ3v) is 11.6. The average Bonchev–Trinajstić information content (AvgIpc) is 3.37. The quantitative estimate of drug-likeness (QED) is 0.0195. The van der Waals surface area contributed by atoms with Crippen LogP contribution in [0.3, 0.4) is 0 Å². The number of hydrogen-bond donors (Lipinski definition) is 0. The Bertz CT molecular complexity index is 1670. The Kier molecular flexibility index (Phi) is 51.3. The van der Waals surface area contributed by atoms with Crippen molar-refractivity contribution in [3.05, 3.63) is 134 Å². The monoisotopic (exact) mass is 1030 g/mol. The number of aliphatic carboxylic acids is 1. The highest BCUT2D eigenvalue weighted by atomic mass is 16.7. The van der Waals surface area contributed by atoms with Gasteiger partial charge in [0.05, 0.1) is 40.3 Å². The molecule has 0 radical (unpaired) electrons. The molecule has 0 fully saturated rings. The van der Waals surface area contributed by atoms with E-state index in [1.165, 1.54) is 32.1 Å². The van der Waals surface area contributed by atoms with Crippen molar-refractivity contribution in [2.24, 2.45) is 0 Å². The Labute approximate surface area is 452 Å². The number of likely N-dealkylation sites (N-methyl/N-ethyl adjacent to an activating group) is 1. The smallest absolute Gasteiger partial charge is 0.306 e. The molecule has 0 aromatic rings. The summed E-state index contributed by atoms with van der Waals surface area (Å²) in [4.78, 5) is 37.2. The van der Waals surface area contributed by atoms with Gasteiger partial charge in [0.2, 0.25) is 0 Å². The first-order valence-corrected chi connectivity index (χ1v) is 28.8. The van der Waals surface area contributed by atoms with E-state index in [0.717, 1.165) is 128 Å². The number of carbonyl (C=O) groups is 3. The van der Waals surface area contributed by atoms with Gasteiger partial charge in [-0.25, -0.2) is 0 Å². The van der Waals surface area contributed by atoms with Crippen LogP contribution in [0.25, 0.3) is 0 Å². The van der Waals surface area contributed by atoms with Gasteiger partial charge >= 0.3 is 11.9 Å². The molecular formula is C65H105NO8. The molecule has 0 saturated carbocycles. The summed E-state index contributed by atoms with van der Waals surface area (Å²) < 4.78 is 22.6. The van der Waals surface area contributed by atoms with E-state index >= 15 is 0 Å². The molecule has 0 aromatic carbocycles. The first-order valence-electron chi connectivity index (χ1n) is 28.8. The maximum atomic E-state index is 12.9. The summed E-state index contributed by atoms with van der Waals surface area (Å²) in [5.41, 5.74) is 0. The van der Waals surface area contributed by atoms with Crippen LogP contribution in [0.2, 0.25) is 0 Å². The number of nitrogens with zero attached hydrogens (tertiary/aromatic N) is 1. The highest BCUT2D eigenvalue weighted by Crippen LogP contribution is 2.13. The van der Waals surface area contributed by atoms with Crippen LogP contribution in [-0.2, 0) is 33.3 Å². The van der Waals surface area contributed by atoms with Gasteiger partial charge in [0.1, 0.15) is 13.2 Å². The Morgan fingerprint density at radius 3 is 1.15 bits per heavy atom. The zero-order valence-electron chi connectivity index (χ0n) is 47.4. The summed E-state index contributed by atoms with van der Waals surface area (Å²) in [6, 6.07) is 0. The summed E-state index contributed by atoms with van der Waals surface area (Å²) >= 11 is 0. The Morgan fingerprint density at radius 2 is 0.770 bits per heavy atom. The minimum atomic E-state index is -1.64. The molecule has 0 N–H and O–H groups in total. The zero-order valence-corrected chi connectivity index (χ0v) is 47.4. The molecule has 0 amide bonds. The van der Waals surface area contributed by atoms with Crippen molar-refractivity contribution in [2.75, 3.05) is 47.5 Å². The van der Waals surface area contributed by atoms with E-state index in [4.69, 9.17) is 18.9 Å². The number of carbonyl (C=O) groups excluding carboxylic acids is 3. The van der Waals surface area contributed by atoms with Gasteiger partial charge in [0, 0.05) is 12.8 Å². The largest absolute Gasteiger partial charge is 0.545 e. The van der Waals surface area contributed by atoms with Crippen LogP contribution in [0, 0.1) is 0 Å². The summed E-state index contributed by atoms with van der Waals surface area (Å²) in [7, 11) is 5.89. The van der Waals surface area contributed by atoms with E-state index < -0.39 is 24.3 Å². The van der Waals surface area contributed by atoms with Crippen LogP contribution in [-0.4, -0.2) is 82.3 Å². The molecular weight excluding hydrogens is 923 g/mol. The van der Waals surface area contributed by atoms with E-state index in [9.17, 15) is 19.5 Å². The molecule has 0 bridgehead atoms. The molecule has 2 atom stereocenters. The van der Waals surface area contributed by atoms with Gasteiger partial charge in [0.15, 0.2) is 12.4 Å². The number of carboxylic acid groups (broad SMARTS) is 1. The minimum absolute atomic E-state index is 0.133. The normalized spacial score (nSPS) is 13.8. The SMILES string of the molecule is CC/C=C\C/C=C\C/C=C\C/C=C\C/C=C\C/C=C\C/C=C\C/C=C\C/C=C\CCCCCCCC(=O)OC(COC(=O)CCCCCCC/C=C\C/C=C\CCCCCC)COC(OCC[N+](C)(C)C)C(=O)[O-]. The zero-order chi connectivity index (χ0) is 54.1. The molecule has 9 nitrogen and oxygen atoms in total. The molecule has 0 aromatic heterocycles. The Morgan fingerprint density at radius 1 is 0.419 bits per heavy atom. The number of ether oxygens (including phenoxy) is 4. The molecule has 0 aliphatic heterocycles. The van der Waals surface area contributed by atoms with Gasteiger partial charge in [-0.2, -0.15) is 0 Å². The second-order valence-electron chi connectivity index (χ2n) is 19.8. The predicted molar refractivity (Wildman–Crippen MR) is 310 cm³/mol. The number of allylic oxidation sites excluding steroid dienone is 22. The fraction of sp³-hybridized carbons (Fsp3) is 0.615.